The quantitative estimate of drug-likeness (QED) is 0.0845. The SMILES string of the molecule is CC(C)COC(=O)c1ccc2c3ccc(Oc4ccccc4)c4c(C(=O)OCC(C)C)ccc(c5ccc(Oc6ccccc6)c1c52)c43. The smallest absolute Gasteiger partial charge is 0.338 e. The minimum Gasteiger partial charge on any atom is -0.462 e. The van der Waals surface area contributed by atoms with Gasteiger partial charge in [0.15, 0.2) is 0 Å². The van der Waals surface area contributed by atoms with E-state index in [1.807, 2.05) is 137 Å². The van der Waals surface area contributed by atoms with Crippen LogP contribution in [0.25, 0.3) is 43.1 Å². The van der Waals surface area contributed by atoms with Crippen LogP contribution in [-0.4, -0.2) is 25.2 Å². The lowest BCUT2D eigenvalue weighted by atomic mass is 9.86. The summed E-state index contributed by atoms with van der Waals surface area (Å²) in [4.78, 5) is 27.3. The molecule has 0 saturated carbocycles. The second kappa shape index (κ2) is 12.9. The van der Waals surface area contributed by atoms with Crippen LogP contribution in [-0.2, 0) is 9.47 Å². The summed E-state index contributed by atoms with van der Waals surface area (Å²) >= 11 is 0. The summed E-state index contributed by atoms with van der Waals surface area (Å²) in [6, 6.07) is 34.4. The van der Waals surface area contributed by atoms with Crippen molar-refractivity contribution in [2.24, 2.45) is 11.8 Å². The Balaban J connectivity index is 1.53. The molecule has 0 fully saturated rings. The molecule has 0 aliphatic heterocycles. The lowest BCUT2D eigenvalue weighted by molar-refractivity contribution is 0.0453. The highest BCUT2D eigenvalue weighted by molar-refractivity contribution is 6.36. The molecule has 7 aromatic rings. The molecular formula is C42H36O6. The van der Waals surface area contributed by atoms with Crippen molar-refractivity contribution < 1.29 is 28.5 Å². The molecule has 0 atom stereocenters. The number of esters is 2. The first-order valence-corrected chi connectivity index (χ1v) is 16.3. The second-order valence-electron chi connectivity index (χ2n) is 12.9. The van der Waals surface area contributed by atoms with Crippen molar-refractivity contribution in [3.8, 4) is 23.0 Å². The van der Waals surface area contributed by atoms with Crippen molar-refractivity contribution in [2.45, 2.75) is 27.7 Å². The number of fused-ring (bicyclic) bond motifs is 2. The minimum absolute atomic E-state index is 0.187. The van der Waals surface area contributed by atoms with Gasteiger partial charge in [-0.2, -0.15) is 0 Å². The van der Waals surface area contributed by atoms with Gasteiger partial charge in [-0.3, -0.25) is 0 Å². The molecule has 0 aromatic heterocycles. The van der Waals surface area contributed by atoms with E-state index in [0.717, 1.165) is 32.3 Å². The standard InChI is InChI=1S/C42H36O6/c1-25(2)23-45-41(43)33-17-15-29-32-20-22-36(48-28-13-9-6-10-14-28)40-34(42(44)46-24-26(3)4)18-16-30(38(32)40)31-19-21-35(39(33)37(29)31)47-27-11-7-5-8-12-27/h5-22,25-26H,23-24H2,1-4H3. The number of hydrogen-bond donors (Lipinski definition) is 0. The first-order valence-electron chi connectivity index (χ1n) is 16.3. The monoisotopic (exact) mass is 636 g/mol. The average molecular weight is 637 g/mol. The number of hydrogen-bond acceptors (Lipinski definition) is 6. The minimum atomic E-state index is -0.406. The van der Waals surface area contributed by atoms with Crippen molar-refractivity contribution in [1.29, 1.82) is 0 Å². The number of rotatable bonds is 10. The van der Waals surface area contributed by atoms with E-state index in [0.29, 0.717) is 58.1 Å². The Labute approximate surface area is 279 Å². The summed E-state index contributed by atoms with van der Waals surface area (Å²) in [6.45, 7) is 8.64. The zero-order valence-electron chi connectivity index (χ0n) is 27.4. The fourth-order valence-corrected chi connectivity index (χ4v) is 6.21. The fourth-order valence-electron chi connectivity index (χ4n) is 6.21. The van der Waals surface area contributed by atoms with Crippen LogP contribution >= 0.6 is 0 Å². The largest absolute Gasteiger partial charge is 0.462 e. The van der Waals surface area contributed by atoms with Crippen molar-refractivity contribution in [3.05, 3.63) is 120 Å². The molecule has 0 amide bonds. The Bertz CT molecular complexity index is 2090. The van der Waals surface area contributed by atoms with E-state index in [1.54, 1.807) is 0 Å². The molecule has 0 radical (unpaired) electrons. The van der Waals surface area contributed by atoms with Gasteiger partial charge in [-0.1, -0.05) is 76.2 Å². The summed E-state index contributed by atoms with van der Waals surface area (Å²) in [7, 11) is 0. The van der Waals surface area contributed by atoms with Crippen molar-refractivity contribution in [2.75, 3.05) is 13.2 Å². The highest BCUT2D eigenvalue weighted by Crippen LogP contribution is 2.48. The highest BCUT2D eigenvalue weighted by Gasteiger charge is 2.25. The van der Waals surface area contributed by atoms with Gasteiger partial charge >= 0.3 is 11.9 Å². The third-order valence-corrected chi connectivity index (χ3v) is 8.30. The number of carbonyl (C=O) groups excluding carboxylic acids is 2. The topological polar surface area (TPSA) is 71.1 Å². The van der Waals surface area contributed by atoms with Crippen LogP contribution in [0.4, 0.5) is 0 Å². The van der Waals surface area contributed by atoms with E-state index in [1.165, 1.54) is 0 Å². The maximum atomic E-state index is 13.6. The second-order valence-corrected chi connectivity index (χ2v) is 12.9. The van der Waals surface area contributed by atoms with E-state index in [-0.39, 0.29) is 11.8 Å². The van der Waals surface area contributed by atoms with E-state index in [4.69, 9.17) is 18.9 Å². The van der Waals surface area contributed by atoms with Gasteiger partial charge in [0.25, 0.3) is 0 Å². The summed E-state index contributed by atoms with van der Waals surface area (Å²) in [5.74, 6) is 1.98. The Morgan fingerprint density at radius 1 is 0.458 bits per heavy atom. The molecule has 0 spiro atoms. The fraction of sp³-hybridized carbons (Fsp3) is 0.190. The number of para-hydroxylation sites is 2. The molecule has 0 bridgehead atoms. The highest BCUT2D eigenvalue weighted by atomic mass is 16.5. The lowest BCUT2D eigenvalue weighted by Crippen LogP contribution is -2.11. The van der Waals surface area contributed by atoms with Gasteiger partial charge in [0, 0.05) is 21.5 Å². The summed E-state index contributed by atoms with van der Waals surface area (Å²) in [6.07, 6.45) is 0. The number of carbonyl (C=O) groups is 2. The van der Waals surface area contributed by atoms with Crippen molar-refractivity contribution >= 4 is 55.0 Å². The van der Waals surface area contributed by atoms with E-state index >= 15 is 0 Å². The van der Waals surface area contributed by atoms with Gasteiger partial charge in [-0.15, -0.1) is 0 Å². The van der Waals surface area contributed by atoms with Gasteiger partial charge in [-0.25, -0.2) is 9.59 Å². The maximum Gasteiger partial charge on any atom is 0.338 e. The molecule has 7 rings (SSSR count). The third-order valence-electron chi connectivity index (χ3n) is 8.30. The van der Waals surface area contributed by atoms with Crippen LogP contribution in [0.5, 0.6) is 23.0 Å². The molecule has 240 valence electrons. The van der Waals surface area contributed by atoms with Crippen LogP contribution in [0.3, 0.4) is 0 Å². The molecule has 0 heterocycles. The van der Waals surface area contributed by atoms with Gasteiger partial charge in [0.05, 0.1) is 24.3 Å². The van der Waals surface area contributed by atoms with Crippen molar-refractivity contribution in [1.82, 2.24) is 0 Å². The Morgan fingerprint density at radius 2 is 0.812 bits per heavy atom. The van der Waals surface area contributed by atoms with Crippen LogP contribution < -0.4 is 9.47 Å². The molecule has 0 N–H and O–H groups in total. The van der Waals surface area contributed by atoms with Gasteiger partial charge in [-0.05, 0) is 94.0 Å². The number of ether oxygens (including phenoxy) is 4. The summed E-state index contributed by atoms with van der Waals surface area (Å²) < 4.78 is 24.4. The zero-order chi connectivity index (χ0) is 33.4. The predicted octanol–water partition coefficient (Wildman–Crippen LogP) is 10.9. The van der Waals surface area contributed by atoms with Gasteiger partial charge in [0.2, 0.25) is 0 Å². The zero-order valence-corrected chi connectivity index (χ0v) is 27.4. The first-order chi connectivity index (χ1) is 23.3. The van der Waals surface area contributed by atoms with Gasteiger partial charge in [0.1, 0.15) is 23.0 Å². The molecular weight excluding hydrogens is 600 g/mol. The Morgan fingerprint density at radius 3 is 1.17 bits per heavy atom. The van der Waals surface area contributed by atoms with Crippen LogP contribution in [0.15, 0.2) is 109 Å². The average Bonchev–Trinajstić information content (AvgIpc) is 3.10. The van der Waals surface area contributed by atoms with Crippen LogP contribution in [0.2, 0.25) is 0 Å². The molecule has 0 saturated heterocycles. The Kier molecular flexibility index (Phi) is 8.32. The third kappa shape index (κ3) is 5.75. The summed E-state index contributed by atoms with van der Waals surface area (Å²) in [5, 5.41) is 6.75. The lowest BCUT2D eigenvalue weighted by Gasteiger charge is -2.21. The first kappa shape index (κ1) is 31.0. The van der Waals surface area contributed by atoms with E-state index in [2.05, 4.69) is 0 Å². The maximum absolute atomic E-state index is 13.6. The molecule has 0 aliphatic rings. The van der Waals surface area contributed by atoms with Crippen LogP contribution in [0, 0.1) is 11.8 Å². The van der Waals surface area contributed by atoms with E-state index < -0.39 is 11.9 Å². The normalized spacial score (nSPS) is 11.6. The molecule has 0 unspecified atom stereocenters. The number of benzene rings is 7. The molecule has 6 nitrogen and oxygen atoms in total. The summed E-state index contributed by atoms with van der Waals surface area (Å²) in [5.41, 5.74) is 0.861. The van der Waals surface area contributed by atoms with Gasteiger partial charge < -0.3 is 18.9 Å². The van der Waals surface area contributed by atoms with Crippen LogP contribution in [0.1, 0.15) is 48.4 Å². The Hall–Kier alpha value is -5.62. The molecule has 7 aromatic carbocycles. The molecule has 6 heteroatoms. The predicted molar refractivity (Wildman–Crippen MR) is 191 cm³/mol. The van der Waals surface area contributed by atoms with Crippen molar-refractivity contribution in [3.63, 3.8) is 0 Å². The molecule has 0 aliphatic carbocycles. The molecule has 48 heavy (non-hydrogen) atoms. The van der Waals surface area contributed by atoms with E-state index in [9.17, 15) is 9.59 Å².